The highest BCUT2D eigenvalue weighted by Crippen LogP contribution is 2.17. The first-order chi connectivity index (χ1) is 9.58. The van der Waals surface area contributed by atoms with Crippen molar-refractivity contribution in [2.45, 2.75) is 31.4 Å². The molecule has 0 spiro atoms. The van der Waals surface area contributed by atoms with E-state index in [2.05, 4.69) is 5.32 Å². The molecule has 5 nitrogen and oxygen atoms in total. The molecule has 1 aromatic carbocycles. The van der Waals surface area contributed by atoms with Crippen LogP contribution in [0.4, 0.5) is 4.39 Å². The molecular formula is C14H17FN2O3. The van der Waals surface area contributed by atoms with Crippen LogP contribution in [0.15, 0.2) is 24.3 Å². The van der Waals surface area contributed by atoms with Gasteiger partial charge in [-0.05, 0) is 37.0 Å². The number of primary amides is 1. The van der Waals surface area contributed by atoms with Gasteiger partial charge in [-0.3, -0.25) is 9.59 Å². The lowest BCUT2D eigenvalue weighted by Crippen LogP contribution is -2.44. The number of carbonyl (C=O) groups is 2. The van der Waals surface area contributed by atoms with Crippen molar-refractivity contribution < 1.29 is 18.7 Å². The number of hydrogen-bond donors (Lipinski definition) is 2. The highest BCUT2D eigenvalue weighted by molar-refractivity contribution is 5.89. The molecule has 6 heteroatoms. The van der Waals surface area contributed by atoms with Crippen LogP contribution >= 0.6 is 0 Å². The zero-order valence-electron chi connectivity index (χ0n) is 11.0. The molecule has 1 aliphatic heterocycles. The predicted molar refractivity (Wildman–Crippen MR) is 70.1 cm³/mol. The van der Waals surface area contributed by atoms with E-state index in [1.54, 1.807) is 0 Å². The molecule has 1 fully saturated rings. The van der Waals surface area contributed by atoms with E-state index in [9.17, 15) is 14.0 Å². The number of hydrogen-bond acceptors (Lipinski definition) is 3. The van der Waals surface area contributed by atoms with E-state index in [-0.39, 0.29) is 5.91 Å². The molecule has 20 heavy (non-hydrogen) atoms. The van der Waals surface area contributed by atoms with Crippen molar-refractivity contribution >= 4 is 11.8 Å². The monoisotopic (exact) mass is 280 g/mol. The molecule has 2 rings (SSSR count). The average Bonchev–Trinajstić information content (AvgIpc) is 2.46. The van der Waals surface area contributed by atoms with Gasteiger partial charge in [-0.25, -0.2) is 4.39 Å². The molecule has 3 N–H and O–H groups in total. The van der Waals surface area contributed by atoms with Gasteiger partial charge in [-0.2, -0.15) is 0 Å². The molecule has 0 saturated carbocycles. The quantitative estimate of drug-likeness (QED) is 0.864. The molecule has 0 radical (unpaired) electrons. The van der Waals surface area contributed by atoms with Crippen LogP contribution in [0, 0.1) is 5.82 Å². The number of nitrogens with one attached hydrogen (secondary N) is 1. The highest BCUT2D eigenvalue weighted by atomic mass is 19.1. The number of ether oxygens (including phenoxy) is 1. The summed E-state index contributed by atoms with van der Waals surface area (Å²) in [5.41, 5.74) is 5.74. The fourth-order valence-electron chi connectivity index (χ4n) is 2.16. The van der Waals surface area contributed by atoms with Gasteiger partial charge in [0.15, 0.2) is 0 Å². The fourth-order valence-corrected chi connectivity index (χ4v) is 2.16. The summed E-state index contributed by atoms with van der Waals surface area (Å²) in [6.07, 6.45) is 1.92. The first-order valence-electron chi connectivity index (χ1n) is 6.54. The van der Waals surface area contributed by atoms with Crippen LogP contribution in [-0.4, -0.2) is 24.5 Å². The molecule has 2 amide bonds. The zero-order valence-corrected chi connectivity index (χ0v) is 11.0. The minimum absolute atomic E-state index is 0.363. The van der Waals surface area contributed by atoms with Crippen molar-refractivity contribution in [1.29, 1.82) is 0 Å². The van der Waals surface area contributed by atoms with Crippen LogP contribution in [0.1, 0.15) is 30.9 Å². The van der Waals surface area contributed by atoms with E-state index in [1.807, 2.05) is 0 Å². The summed E-state index contributed by atoms with van der Waals surface area (Å²) in [5.74, 6) is -1.47. The van der Waals surface area contributed by atoms with Crippen molar-refractivity contribution in [2.24, 2.45) is 5.73 Å². The van der Waals surface area contributed by atoms with Crippen molar-refractivity contribution in [2.75, 3.05) is 6.61 Å². The third-order valence-electron chi connectivity index (χ3n) is 3.25. The number of amides is 2. The van der Waals surface area contributed by atoms with Crippen molar-refractivity contribution in [3.8, 4) is 0 Å². The van der Waals surface area contributed by atoms with Gasteiger partial charge in [0.2, 0.25) is 11.8 Å². The Morgan fingerprint density at radius 3 is 2.55 bits per heavy atom. The van der Waals surface area contributed by atoms with Crippen LogP contribution in [0.25, 0.3) is 0 Å². The summed E-state index contributed by atoms with van der Waals surface area (Å²) < 4.78 is 18.2. The minimum atomic E-state index is -0.978. The predicted octanol–water partition coefficient (Wildman–Crippen LogP) is 1.04. The molecule has 1 heterocycles. The number of rotatable bonds is 4. The van der Waals surface area contributed by atoms with E-state index in [0.717, 1.165) is 12.8 Å². The molecule has 108 valence electrons. The maximum atomic E-state index is 12.9. The molecule has 1 aromatic rings. The second-order valence-electron chi connectivity index (χ2n) is 4.75. The topological polar surface area (TPSA) is 81.4 Å². The van der Waals surface area contributed by atoms with Crippen LogP contribution in [0.3, 0.4) is 0 Å². The highest BCUT2D eigenvalue weighted by Gasteiger charge is 2.27. The van der Waals surface area contributed by atoms with Crippen LogP contribution in [-0.2, 0) is 14.3 Å². The van der Waals surface area contributed by atoms with E-state index >= 15 is 0 Å². The maximum absolute atomic E-state index is 12.9. The molecule has 0 aromatic heterocycles. The molecular weight excluding hydrogens is 263 g/mol. The van der Waals surface area contributed by atoms with Crippen LogP contribution < -0.4 is 11.1 Å². The first-order valence-corrected chi connectivity index (χ1v) is 6.54. The van der Waals surface area contributed by atoms with E-state index in [4.69, 9.17) is 10.5 Å². The summed E-state index contributed by atoms with van der Waals surface area (Å²) in [6, 6.07) is 4.30. The minimum Gasteiger partial charge on any atom is -0.368 e. The third-order valence-corrected chi connectivity index (χ3v) is 3.25. The lowest BCUT2D eigenvalue weighted by Gasteiger charge is -2.24. The normalized spacial score (nSPS) is 20.1. The second-order valence-corrected chi connectivity index (χ2v) is 4.75. The Labute approximate surface area is 116 Å². The number of nitrogens with two attached hydrogens (primary N) is 1. The first kappa shape index (κ1) is 14.5. The zero-order chi connectivity index (χ0) is 14.5. The number of carbonyl (C=O) groups excluding carboxylic acids is 2. The molecule has 0 unspecified atom stereocenters. The van der Waals surface area contributed by atoms with E-state index < -0.39 is 23.9 Å². The van der Waals surface area contributed by atoms with Gasteiger partial charge in [0.05, 0.1) is 0 Å². The second kappa shape index (κ2) is 6.47. The molecule has 0 aliphatic carbocycles. The molecule has 2 atom stereocenters. The summed E-state index contributed by atoms with van der Waals surface area (Å²) in [6.45, 7) is 0.538. The summed E-state index contributed by atoms with van der Waals surface area (Å²) in [4.78, 5) is 23.5. The number of benzene rings is 1. The summed E-state index contributed by atoms with van der Waals surface area (Å²) in [5, 5.41) is 2.56. The molecule has 1 saturated heterocycles. The standard InChI is InChI=1S/C14H17FN2O3/c15-10-6-4-9(5-7-10)12(13(16)18)17-14(19)11-3-1-2-8-20-11/h4-7,11-12H,1-3,8H2,(H2,16,18)(H,17,19)/t11-,12+/m0/s1. The Morgan fingerprint density at radius 2 is 2.00 bits per heavy atom. The van der Waals surface area contributed by atoms with Gasteiger partial charge in [0.25, 0.3) is 0 Å². The Balaban J connectivity index is 2.07. The van der Waals surface area contributed by atoms with Crippen molar-refractivity contribution in [3.63, 3.8) is 0 Å². The van der Waals surface area contributed by atoms with Crippen molar-refractivity contribution in [1.82, 2.24) is 5.32 Å². The van der Waals surface area contributed by atoms with Gasteiger partial charge < -0.3 is 15.8 Å². The Morgan fingerprint density at radius 1 is 1.30 bits per heavy atom. The lowest BCUT2D eigenvalue weighted by atomic mass is 10.0. The Bertz CT molecular complexity index is 484. The fraction of sp³-hybridized carbons (Fsp3) is 0.429. The van der Waals surface area contributed by atoms with E-state index in [0.29, 0.717) is 18.6 Å². The largest absolute Gasteiger partial charge is 0.368 e. The average molecular weight is 280 g/mol. The third kappa shape index (κ3) is 3.54. The van der Waals surface area contributed by atoms with E-state index in [1.165, 1.54) is 24.3 Å². The van der Waals surface area contributed by atoms with Crippen LogP contribution in [0.2, 0.25) is 0 Å². The SMILES string of the molecule is NC(=O)[C@H](NC(=O)[C@@H]1CCCCO1)c1ccc(F)cc1. The number of halogens is 1. The van der Waals surface area contributed by atoms with Crippen molar-refractivity contribution in [3.05, 3.63) is 35.6 Å². The Hall–Kier alpha value is -1.95. The van der Waals surface area contributed by atoms with Gasteiger partial charge >= 0.3 is 0 Å². The Kier molecular flexibility index (Phi) is 4.68. The smallest absolute Gasteiger partial charge is 0.250 e. The lowest BCUT2D eigenvalue weighted by molar-refractivity contribution is -0.138. The van der Waals surface area contributed by atoms with Gasteiger partial charge in [0, 0.05) is 6.61 Å². The molecule has 0 bridgehead atoms. The maximum Gasteiger partial charge on any atom is 0.250 e. The van der Waals surface area contributed by atoms with Gasteiger partial charge in [-0.1, -0.05) is 12.1 Å². The van der Waals surface area contributed by atoms with Crippen LogP contribution in [0.5, 0.6) is 0 Å². The molecule has 1 aliphatic rings. The van der Waals surface area contributed by atoms with Gasteiger partial charge in [0.1, 0.15) is 18.0 Å². The summed E-state index contributed by atoms with van der Waals surface area (Å²) >= 11 is 0. The van der Waals surface area contributed by atoms with Gasteiger partial charge in [-0.15, -0.1) is 0 Å². The summed E-state index contributed by atoms with van der Waals surface area (Å²) in [7, 11) is 0.